The van der Waals surface area contributed by atoms with E-state index in [0.717, 1.165) is 31.8 Å². The first kappa shape index (κ1) is 12.8. The number of hydrogen-bond donors (Lipinski definition) is 1. The van der Waals surface area contributed by atoms with Gasteiger partial charge in [-0.1, -0.05) is 31.2 Å². The molecule has 2 aromatic rings. The Morgan fingerprint density at radius 1 is 1.17 bits per heavy atom. The summed E-state index contributed by atoms with van der Waals surface area (Å²) in [5.74, 6) is 1.15. The fraction of sp³-hybridized carbons (Fsp3) is 0.400. The van der Waals surface area contributed by atoms with Crippen molar-refractivity contribution in [3.63, 3.8) is 0 Å². The highest BCUT2D eigenvalue weighted by atomic mass is 15.1. The van der Waals surface area contributed by atoms with Gasteiger partial charge in [0.05, 0.1) is 0 Å². The van der Waals surface area contributed by atoms with Crippen LogP contribution in [0.2, 0.25) is 0 Å². The van der Waals surface area contributed by atoms with E-state index in [-0.39, 0.29) is 0 Å². The average Bonchev–Trinajstić information content (AvgIpc) is 2.80. The highest BCUT2D eigenvalue weighted by Gasteiger charge is 2.03. The van der Waals surface area contributed by atoms with Gasteiger partial charge in [-0.15, -0.1) is 0 Å². The second kappa shape index (κ2) is 6.36. The number of aromatic nitrogens is 2. The number of imidazole rings is 1. The molecule has 0 radical (unpaired) electrons. The Morgan fingerprint density at radius 3 is 2.56 bits per heavy atom. The summed E-state index contributed by atoms with van der Waals surface area (Å²) >= 11 is 0. The fourth-order valence-corrected chi connectivity index (χ4v) is 2.11. The number of hydrogen-bond acceptors (Lipinski definition) is 2. The van der Waals surface area contributed by atoms with Crippen molar-refractivity contribution in [3.8, 4) is 0 Å². The highest BCUT2D eigenvalue weighted by Crippen LogP contribution is 2.10. The summed E-state index contributed by atoms with van der Waals surface area (Å²) in [5, 5.41) is 3.16. The molecule has 0 unspecified atom stereocenters. The van der Waals surface area contributed by atoms with Gasteiger partial charge in [0.2, 0.25) is 0 Å². The molecule has 0 saturated heterocycles. The molecule has 1 heterocycles. The van der Waals surface area contributed by atoms with Gasteiger partial charge in [-0.2, -0.15) is 0 Å². The number of nitrogens with zero attached hydrogens (tertiary/aromatic N) is 2. The van der Waals surface area contributed by atoms with Crippen molar-refractivity contribution in [1.29, 1.82) is 0 Å². The Balaban J connectivity index is 2.06. The third kappa shape index (κ3) is 3.20. The minimum absolute atomic E-state index is 0.910. The number of benzene rings is 1. The van der Waals surface area contributed by atoms with Crippen LogP contribution in [0.5, 0.6) is 0 Å². The molecule has 0 aliphatic heterocycles. The topological polar surface area (TPSA) is 29.9 Å². The quantitative estimate of drug-likeness (QED) is 0.845. The summed E-state index contributed by atoms with van der Waals surface area (Å²) < 4.78 is 2.24. The maximum absolute atomic E-state index is 4.44. The van der Waals surface area contributed by atoms with Gasteiger partial charge < -0.3 is 9.88 Å². The van der Waals surface area contributed by atoms with E-state index in [1.165, 1.54) is 11.1 Å². The SMILES string of the molecule is CCCn1ccnc1Cc1ccc(CNC)cc1. The van der Waals surface area contributed by atoms with E-state index >= 15 is 0 Å². The van der Waals surface area contributed by atoms with Crippen molar-refractivity contribution in [2.75, 3.05) is 7.05 Å². The molecule has 0 amide bonds. The third-order valence-electron chi connectivity index (χ3n) is 3.03. The fourth-order valence-electron chi connectivity index (χ4n) is 2.11. The van der Waals surface area contributed by atoms with Crippen LogP contribution in [0.4, 0.5) is 0 Å². The Kier molecular flexibility index (Phi) is 4.53. The van der Waals surface area contributed by atoms with Gasteiger partial charge in [0, 0.05) is 31.9 Å². The lowest BCUT2D eigenvalue weighted by Gasteiger charge is -2.07. The lowest BCUT2D eigenvalue weighted by Crippen LogP contribution is -2.05. The van der Waals surface area contributed by atoms with Crippen LogP contribution in [0.3, 0.4) is 0 Å². The molecule has 1 N–H and O–H groups in total. The maximum Gasteiger partial charge on any atom is 0.113 e. The van der Waals surface area contributed by atoms with E-state index < -0.39 is 0 Å². The van der Waals surface area contributed by atoms with Crippen molar-refractivity contribution < 1.29 is 0 Å². The summed E-state index contributed by atoms with van der Waals surface area (Å²) in [6.45, 7) is 4.16. The largest absolute Gasteiger partial charge is 0.335 e. The second-order valence-electron chi connectivity index (χ2n) is 4.56. The van der Waals surface area contributed by atoms with Crippen molar-refractivity contribution in [3.05, 3.63) is 53.6 Å². The zero-order valence-corrected chi connectivity index (χ0v) is 11.2. The van der Waals surface area contributed by atoms with Crippen LogP contribution in [0.15, 0.2) is 36.7 Å². The van der Waals surface area contributed by atoms with Gasteiger partial charge in [-0.25, -0.2) is 4.98 Å². The minimum Gasteiger partial charge on any atom is -0.335 e. The van der Waals surface area contributed by atoms with E-state index in [9.17, 15) is 0 Å². The molecule has 1 aromatic carbocycles. The van der Waals surface area contributed by atoms with Crippen LogP contribution in [0, 0.1) is 0 Å². The van der Waals surface area contributed by atoms with E-state index in [1.54, 1.807) is 0 Å². The van der Waals surface area contributed by atoms with Crippen molar-refractivity contribution in [2.24, 2.45) is 0 Å². The zero-order chi connectivity index (χ0) is 12.8. The molecule has 0 spiro atoms. The van der Waals surface area contributed by atoms with Crippen molar-refractivity contribution in [2.45, 2.75) is 32.9 Å². The Morgan fingerprint density at radius 2 is 1.89 bits per heavy atom. The molecule has 2 rings (SSSR count). The first-order valence-electron chi connectivity index (χ1n) is 6.56. The first-order valence-corrected chi connectivity index (χ1v) is 6.56. The van der Waals surface area contributed by atoms with Gasteiger partial charge in [-0.05, 0) is 24.6 Å². The maximum atomic E-state index is 4.44. The van der Waals surface area contributed by atoms with Gasteiger partial charge in [0.15, 0.2) is 0 Å². The summed E-state index contributed by atoms with van der Waals surface area (Å²) in [7, 11) is 1.97. The predicted molar refractivity (Wildman–Crippen MR) is 74.5 cm³/mol. The molecule has 18 heavy (non-hydrogen) atoms. The monoisotopic (exact) mass is 243 g/mol. The Hall–Kier alpha value is -1.61. The molecule has 0 saturated carbocycles. The number of rotatable bonds is 6. The standard InChI is InChI=1S/C15H21N3/c1-3-9-18-10-8-17-15(18)11-13-4-6-14(7-5-13)12-16-2/h4-8,10,16H,3,9,11-12H2,1-2H3. The normalized spacial score (nSPS) is 10.8. The van der Waals surface area contributed by atoms with Crippen LogP contribution in [-0.2, 0) is 19.5 Å². The van der Waals surface area contributed by atoms with E-state index in [2.05, 4.69) is 52.3 Å². The Labute approximate surface area is 109 Å². The van der Waals surface area contributed by atoms with Crippen LogP contribution in [0.25, 0.3) is 0 Å². The molecular weight excluding hydrogens is 222 g/mol. The molecule has 3 heteroatoms. The molecule has 96 valence electrons. The van der Waals surface area contributed by atoms with Crippen LogP contribution >= 0.6 is 0 Å². The van der Waals surface area contributed by atoms with Crippen molar-refractivity contribution in [1.82, 2.24) is 14.9 Å². The number of nitrogens with one attached hydrogen (secondary N) is 1. The van der Waals surface area contributed by atoms with Gasteiger partial charge in [0.25, 0.3) is 0 Å². The lowest BCUT2D eigenvalue weighted by atomic mass is 10.1. The van der Waals surface area contributed by atoms with Crippen molar-refractivity contribution >= 4 is 0 Å². The van der Waals surface area contributed by atoms with E-state index in [0.29, 0.717) is 0 Å². The summed E-state index contributed by atoms with van der Waals surface area (Å²) in [5.41, 5.74) is 2.64. The highest BCUT2D eigenvalue weighted by molar-refractivity contribution is 5.25. The van der Waals surface area contributed by atoms with Crippen LogP contribution in [-0.4, -0.2) is 16.6 Å². The predicted octanol–water partition coefficient (Wildman–Crippen LogP) is 2.60. The summed E-state index contributed by atoms with van der Waals surface area (Å²) in [4.78, 5) is 4.44. The van der Waals surface area contributed by atoms with E-state index in [4.69, 9.17) is 0 Å². The molecule has 0 aliphatic carbocycles. The van der Waals surface area contributed by atoms with E-state index in [1.807, 2.05) is 13.2 Å². The van der Waals surface area contributed by atoms with Gasteiger partial charge in [-0.3, -0.25) is 0 Å². The molecule has 0 fully saturated rings. The summed E-state index contributed by atoms with van der Waals surface area (Å²) in [6.07, 6.45) is 6.01. The Bertz CT molecular complexity index is 471. The number of aryl methyl sites for hydroxylation is 1. The molecular formula is C15H21N3. The third-order valence-corrected chi connectivity index (χ3v) is 3.03. The van der Waals surface area contributed by atoms with Crippen LogP contribution < -0.4 is 5.32 Å². The lowest BCUT2D eigenvalue weighted by molar-refractivity contribution is 0.647. The second-order valence-corrected chi connectivity index (χ2v) is 4.56. The van der Waals surface area contributed by atoms with Gasteiger partial charge in [0.1, 0.15) is 5.82 Å². The zero-order valence-electron chi connectivity index (χ0n) is 11.2. The first-order chi connectivity index (χ1) is 8.83. The molecule has 1 aromatic heterocycles. The molecule has 0 aliphatic rings. The smallest absolute Gasteiger partial charge is 0.113 e. The molecule has 3 nitrogen and oxygen atoms in total. The van der Waals surface area contributed by atoms with Gasteiger partial charge >= 0.3 is 0 Å². The molecule has 0 atom stereocenters. The summed E-state index contributed by atoms with van der Waals surface area (Å²) in [6, 6.07) is 8.74. The minimum atomic E-state index is 0.910. The molecule has 0 bridgehead atoms. The van der Waals surface area contributed by atoms with Crippen LogP contribution in [0.1, 0.15) is 30.3 Å². The average molecular weight is 243 g/mol.